The highest BCUT2D eigenvalue weighted by Gasteiger charge is 2.29. The summed E-state index contributed by atoms with van der Waals surface area (Å²) in [6, 6.07) is 16.1. The molecular formula is C20H25N. The maximum atomic E-state index is 6.22. The molecule has 3 unspecified atom stereocenters. The van der Waals surface area contributed by atoms with Crippen molar-refractivity contribution in [3.8, 4) is 0 Å². The summed E-state index contributed by atoms with van der Waals surface area (Å²) >= 11 is 0. The Morgan fingerprint density at radius 2 is 1.81 bits per heavy atom. The van der Waals surface area contributed by atoms with E-state index >= 15 is 0 Å². The summed E-state index contributed by atoms with van der Waals surface area (Å²) in [4.78, 5) is 0. The third kappa shape index (κ3) is 2.75. The normalized spacial score (nSPS) is 22.7. The molecule has 0 saturated carbocycles. The zero-order valence-corrected chi connectivity index (χ0v) is 13.3. The maximum Gasteiger partial charge on any atom is 0.00954 e. The number of fused-ring (bicyclic) bond motifs is 1. The molecule has 3 atom stereocenters. The van der Waals surface area contributed by atoms with Crippen LogP contribution in [-0.4, -0.2) is 6.04 Å². The first-order valence-corrected chi connectivity index (χ1v) is 7.97. The topological polar surface area (TPSA) is 26.0 Å². The SMILES string of the molecule is Cc1ccc(C2CC(C(C)N)Cc3ccccc32)cc1C. The summed E-state index contributed by atoms with van der Waals surface area (Å²) in [7, 11) is 0. The van der Waals surface area contributed by atoms with Crippen LogP contribution in [0.5, 0.6) is 0 Å². The highest BCUT2D eigenvalue weighted by Crippen LogP contribution is 2.40. The first kappa shape index (κ1) is 14.3. The van der Waals surface area contributed by atoms with Crippen LogP contribution in [0.2, 0.25) is 0 Å². The molecule has 1 aliphatic carbocycles. The Balaban J connectivity index is 2.05. The Hall–Kier alpha value is -1.60. The van der Waals surface area contributed by atoms with Gasteiger partial charge in [-0.25, -0.2) is 0 Å². The van der Waals surface area contributed by atoms with Crippen LogP contribution in [0.25, 0.3) is 0 Å². The van der Waals surface area contributed by atoms with E-state index in [1.54, 1.807) is 0 Å². The van der Waals surface area contributed by atoms with E-state index in [2.05, 4.69) is 63.2 Å². The quantitative estimate of drug-likeness (QED) is 0.869. The molecule has 0 spiro atoms. The second kappa shape index (κ2) is 5.65. The van der Waals surface area contributed by atoms with E-state index in [-0.39, 0.29) is 6.04 Å². The molecule has 1 aliphatic rings. The summed E-state index contributed by atoms with van der Waals surface area (Å²) < 4.78 is 0. The minimum Gasteiger partial charge on any atom is -0.328 e. The predicted octanol–water partition coefficient (Wildman–Crippen LogP) is 4.34. The van der Waals surface area contributed by atoms with Crippen molar-refractivity contribution < 1.29 is 0 Å². The van der Waals surface area contributed by atoms with Crippen molar-refractivity contribution >= 4 is 0 Å². The van der Waals surface area contributed by atoms with E-state index in [1.165, 1.54) is 27.8 Å². The van der Waals surface area contributed by atoms with Crippen LogP contribution in [0.1, 0.15) is 47.1 Å². The Labute approximate surface area is 128 Å². The number of aryl methyl sites for hydroxylation is 2. The van der Waals surface area contributed by atoms with Gasteiger partial charge in [-0.3, -0.25) is 0 Å². The fourth-order valence-electron chi connectivity index (χ4n) is 3.55. The fourth-order valence-corrected chi connectivity index (χ4v) is 3.55. The molecule has 0 saturated heterocycles. The summed E-state index contributed by atoms with van der Waals surface area (Å²) in [6.07, 6.45) is 2.28. The van der Waals surface area contributed by atoms with Crippen molar-refractivity contribution in [3.63, 3.8) is 0 Å². The van der Waals surface area contributed by atoms with E-state index < -0.39 is 0 Å². The molecule has 3 rings (SSSR count). The lowest BCUT2D eigenvalue weighted by atomic mass is 9.72. The molecule has 110 valence electrons. The van der Waals surface area contributed by atoms with Gasteiger partial charge in [0.25, 0.3) is 0 Å². The smallest absolute Gasteiger partial charge is 0.00954 e. The van der Waals surface area contributed by atoms with Crippen LogP contribution in [0.15, 0.2) is 42.5 Å². The van der Waals surface area contributed by atoms with Gasteiger partial charge in [-0.05, 0) is 67.3 Å². The Kier molecular flexibility index (Phi) is 3.86. The van der Waals surface area contributed by atoms with Crippen molar-refractivity contribution in [1.29, 1.82) is 0 Å². The average Bonchev–Trinajstić information content (AvgIpc) is 2.49. The van der Waals surface area contributed by atoms with Crippen LogP contribution in [0.3, 0.4) is 0 Å². The van der Waals surface area contributed by atoms with E-state index in [4.69, 9.17) is 5.73 Å². The van der Waals surface area contributed by atoms with Crippen LogP contribution in [0, 0.1) is 19.8 Å². The van der Waals surface area contributed by atoms with Gasteiger partial charge in [0.1, 0.15) is 0 Å². The van der Waals surface area contributed by atoms with E-state index in [0.29, 0.717) is 11.8 Å². The van der Waals surface area contributed by atoms with Gasteiger partial charge in [0.2, 0.25) is 0 Å². The van der Waals surface area contributed by atoms with E-state index in [0.717, 1.165) is 12.8 Å². The lowest BCUT2D eigenvalue weighted by molar-refractivity contribution is 0.372. The monoisotopic (exact) mass is 279 g/mol. The van der Waals surface area contributed by atoms with Crippen molar-refractivity contribution in [3.05, 3.63) is 70.3 Å². The number of rotatable bonds is 2. The van der Waals surface area contributed by atoms with Gasteiger partial charge in [-0.15, -0.1) is 0 Å². The molecule has 2 aromatic carbocycles. The molecule has 2 N–H and O–H groups in total. The zero-order valence-electron chi connectivity index (χ0n) is 13.3. The summed E-state index contributed by atoms with van der Waals surface area (Å²) in [6.45, 7) is 6.53. The second-order valence-electron chi connectivity index (χ2n) is 6.65. The van der Waals surface area contributed by atoms with Crippen molar-refractivity contribution in [2.75, 3.05) is 0 Å². The largest absolute Gasteiger partial charge is 0.328 e. The van der Waals surface area contributed by atoms with Gasteiger partial charge in [-0.1, -0.05) is 42.5 Å². The predicted molar refractivity (Wildman–Crippen MR) is 89.7 cm³/mol. The van der Waals surface area contributed by atoms with Crippen molar-refractivity contribution in [2.24, 2.45) is 11.7 Å². The van der Waals surface area contributed by atoms with Crippen molar-refractivity contribution in [1.82, 2.24) is 0 Å². The summed E-state index contributed by atoms with van der Waals surface area (Å²) in [5.74, 6) is 1.07. The number of benzene rings is 2. The first-order chi connectivity index (χ1) is 10.1. The maximum absolute atomic E-state index is 6.22. The highest BCUT2D eigenvalue weighted by atomic mass is 14.6. The Bertz CT molecular complexity index is 642. The van der Waals surface area contributed by atoms with Crippen LogP contribution >= 0.6 is 0 Å². The zero-order chi connectivity index (χ0) is 15.0. The third-order valence-electron chi connectivity index (χ3n) is 5.13. The lowest BCUT2D eigenvalue weighted by Crippen LogP contribution is -2.33. The molecule has 0 aliphatic heterocycles. The highest BCUT2D eigenvalue weighted by molar-refractivity contribution is 5.42. The van der Waals surface area contributed by atoms with Gasteiger partial charge in [-0.2, -0.15) is 0 Å². The van der Waals surface area contributed by atoms with E-state index in [1.807, 2.05) is 0 Å². The average molecular weight is 279 g/mol. The molecule has 21 heavy (non-hydrogen) atoms. The van der Waals surface area contributed by atoms with Crippen molar-refractivity contribution in [2.45, 2.75) is 45.6 Å². The van der Waals surface area contributed by atoms with E-state index in [9.17, 15) is 0 Å². The van der Waals surface area contributed by atoms with Crippen LogP contribution < -0.4 is 5.73 Å². The van der Waals surface area contributed by atoms with Gasteiger partial charge < -0.3 is 5.73 Å². The Morgan fingerprint density at radius 3 is 2.52 bits per heavy atom. The van der Waals surface area contributed by atoms with Gasteiger partial charge >= 0.3 is 0 Å². The van der Waals surface area contributed by atoms with Crippen LogP contribution in [-0.2, 0) is 6.42 Å². The molecule has 0 fully saturated rings. The number of hydrogen-bond acceptors (Lipinski definition) is 1. The third-order valence-corrected chi connectivity index (χ3v) is 5.13. The second-order valence-corrected chi connectivity index (χ2v) is 6.65. The molecule has 2 aromatic rings. The summed E-state index contributed by atoms with van der Waals surface area (Å²) in [5, 5.41) is 0. The molecular weight excluding hydrogens is 254 g/mol. The minimum atomic E-state index is 0.257. The molecule has 1 nitrogen and oxygen atoms in total. The molecule has 0 amide bonds. The minimum absolute atomic E-state index is 0.257. The van der Waals surface area contributed by atoms with Gasteiger partial charge in [0.05, 0.1) is 0 Å². The molecule has 0 radical (unpaired) electrons. The number of hydrogen-bond donors (Lipinski definition) is 1. The Morgan fingerprint density at radius 1 is 1.05 bits per heavy atom. The molecule has 1 heteroatoms. The lowest BCUT2D eigenvalue weighted by Gasteiger charge is -2.34. The fraction of sp³-hybridized carbons (Fsp3) is 0.400. The number of nitrogens with two attached hydrogens (primary N) is 1. The first-order valence-electron chi connectivity index (χ1n) is 7.97. The summed E-state index contributed by atoms with van der Waals surface area (Å²) in [5.41, 5.74) is 13.4. The van der Waals surface area contributed by atoms with Crippen LogP contribution in [0.4, 0.5) is 0 Å². The molecule has 0 aromatic heterocycles. The van der Waals surface area contributed by atoms with Gasteiger partial charge in [0, 0.05) is 12.0 Å². The molecule has 0 bridgehead atoms. The standard InChI is InChI=1S/C20H25N/c1-13-8-9-17(10-14(13)2)20-12-18(15(3)21)11-16-6-4-5-7-19(16)20/h4-10,15,18,20H,11-12,21H2,1-3H3. The van der Waals surface area contributed by atoms with Gasteiger partial charge in [0.15, 0.2) is 0 Å². The molecule has 0 heterocycles.